The minimum atomic E-state index is -0.314. The van der Waals surface area contributed by atoms with Crippen LogP contribution in [0.1, 0.15) is 5.56 Å². The average Bonchev–Trinajstić information content (AvgIpc) is 2.63. The summed E-state index contributed by atoms with van der Waals surface area (Å²) in [6.07, 6.45) is 0. The predicted octanol–water partition coefficient (Wildman–Crippen LogP) is 3.59. The topological polar surface area (TPSA) is 116 Å². The minimum absolute atomic E-state index is 0.157. The number of hydrogen-bond donors (Lipinski definition) is 1. The van der Waals surface area contributed by atoms with Gasteiger partial charge in [-0.1, -0.05) is 12.1 Å². The highest BCUT2D eigenvalue weighted by molar-refractivity contribution is 5.65. The zero-order valence-electron chi connectivity index (χ0n) is 12.3. The fourth-order valence-electron chi connectivity index (χ4n) is 1.80. The highest BCUT2D eigenvalue weighted by Gasteiger charge is 2.10. The highest BCUT2D eigenvalue weighted by Crippen LogP contribution is 2.30. The van der Waals surface area contributed by atoms with Gasteiger partial charge in [0.05, 0.1) is 17.3 Å². The van der Waals surface area contributed by atoms with Crippen molar-refractivity contribution in [3.63, 3.8) is 0 Å². The molecule has 2 aromatic rings. The first-order valence-electron chi connectivity index (χ1n) is 6.70. The van der Waals surface area contributed by atoms with Gasteiger partial charge >= 0.3 is 0 Å². The normalized spacial score (nSPS) is 8.67. The van der Waals surface area contributed by atoms with Gasteiger partial charge in [-0.05, 0) is 36.4 Å². The van der Waals surface area contributed by atoms with Crippen molar-refractivity contribution >= 4 is 5.69 Å². The molecule has 1 N–H and O–H groups in total. The number of nitriles is 4. The van der Waals surface area contributed by atoms with Crippen molar-refractivity contribution < 1.29 is 4.74 Å². The molecule has 0 aliphatic heterocycles. The van der Waals surface area contributed by atoms with E-state index in [0.717, 1.165) is 0 Å². The van der Waals surface area contributed by atoms with Crippen molar-refractivity contribution in [1.82, 2.24) is 0 Å². The van der Waals surface area contributed by atoms with E-state index in [0.29, 0.717) is 22.7 Å². The molecule has 0 aliphatic rings. The molecule has 0 amide bonds. The first-order chi connectivity index (χ1) is 11.7. The smallest absolute Gasteiger partial charge is 0.163 e. The second kappa shape index (κ2) is 7.66. The molecule has 24 heavy (non-hydrogen) atoms. The maximum atomic E-state index is 9.11. The third-order valence-corrected chi connectivity index (χ3v) is 2.94. The van der Waals surface area contributed by atoms with Crippen LogP contribution in [0.15, 0.2) is 59.8 Å². The standard InChI is InChI=1S/C18H9N5O/c19-9-13-5-7-15(8-6-13)24-18-4-2-1-3-16(18)23-17(12-22)14(10-20)11-21/h1-8,23H. The monoisotopic (exact) mass is 311 g/mol. The van der Waals surface area contributed by atoms with Crippen LogP contribution in [0.2, 0.25) is 0 Å². The van der Waals surface area contributed by atoms with Gasteiger partial charge in [-0.15, -0.1) is 0 Å². The summed E-state index contributed by atoms with van der Waals surface area (Å²) in [5, 5.41) is 38.4. The van der Waals surface area contributed by atoms with Gasteiger partial charge in [0.15, 0.2) is 11.3 Å². The number of nitrogens with zero attached hydrogens (tertiary/aromatic N) is 4. The van der Waals surface area contributed by atoms with Gasteiger partial charge in [-0.25, -0.2) is 0 Å². The Labute approximate surface area is 138 Å². The molecule has 0 aromatic heterocycles. The molecule has 0 heterocycles. The summed E-state index contributed by atoms with van der Waals surface area (Å²) >= 11 is 0. The minimum Gasteiger partial charge on any atom is -0.455 e. The van der Waals surface area contributed by atoms with Crippen molar-refractivity contribution in [1.29, 1.82) is 21.0 Å². The van der Waals surface area contributed by atoms with Crippen LogP contribution in [-0.4, -0.2) is 0 Å². The Kier molecular flexibility index (Phi) is 5.15. The van der Waals surface area contributed by atoms with E-state index >= 15 is 0 Å². The van der Waals surface area contributed by atoms with Gasteiger partial charge in [-0.3, -0.25) is 0 Å². The second-order valence-electron chi connectivity index (χ2n) is 4.44. The Morgan fingerprint density at radius 2 is 1.50 bits per heavy atom. The van der Waals surface area contributed by atoms with Gasteiger partial charge in [0, 0.05) is 0 Å². The summed E-state index contributed by atoms with van der Waals surface area (Å²) in [6.45, 7) is 0. The SMILES string of the molecule is N#CC(C#N)=C(C#N)Nc1ccccc1Oc1ccc(C#N)cc1. The Morgan fingerprint density at radius 1 is 0.833 bits per heavy atom. The molecule has 112 valence electrons. The van der Waals surface area contributed by atoms with E-state index in [-0.39, 0.29) is 11.3 Å². The van der Waals surface area contributed by atoms with Crippen LogP contribution in [0, 0.1) is 45.3 Å². The molecule has 0 aliphatic carbocycles. The van der Waals surface area contributed by atoms with Crippen LogP contribution in [0.3, 0.4) is 0 Å². The van der Waals surface area contributed by atoms with Gasteiger partial charge in [0.25, 0.3) is 0 Å². The molecule has 0 saturated carbocycles. The van der Waals surface area contributed by atoms with E-state index in [9.17, 15) is 0 Å². The van der Waals surface area contributed by atoms with E-state index in [1.807, 2.05) is 6.07 Å². The molecule has 6 nitrogen and oxygen atoms in total. The number of nitrogens with one attached hydrogen (secondary N) is 1. The van der Waals surface area contributed by atoms with E-state index < -0.39 is 0 Å². The summed E-state index contributed by atoms with van der Waals surface area (Å²) in [6, 6.07) is 20.5. The molecular formula is C18H9N5O. The average molecular weight is 311 g/mol. The number of anilines is 1. The molecule has 0 atom stereocenters. The van der Waals surface area contributed by atoms with Gasteiger partial charge in [0.1, 0.15) is 29.7 Å². The second-order valence-corrected chi connectivity index (χ2v) is 4.44. The number of rotatable bonds is 4. The van der Waals surface area contributed by atoms with Crippen LogP contribution in [0.5, 0.6) is 11.5 Å². The number of allylic oxidation sites excluding steroid dienone is 2. The molecule has 2 rings (SSSR count). The lowest BCUT2D eigenvalue weighted by Gasteiger charge is -2.12. The molecule has 0 radical (unpaired) electrons. The fraction of sp³-hybridized carbons (Fsp3) is 0. The first-order valence-corrected chi connectivity index (χ1v) is 6.70. The summed E-state index contributed by atoms with van der Waals surface area (Å²) < 4.78 is 5.73. The number of para-hydroxylation sites is 2. The highest BCUT2D eigenvalue weighted by atomic mass is 16.5. The first kappa shape index (κ1) is 16.1. The van der Waals surface area contributed by atoms with Gasteiger partial charge in [-0.2, -0.15) is 21.0 Å². The van der Waals surface area contributed by atoms with Crippen molar-refractivity contribution in [2.24, 2.45) is 0 Å². The zero-order valence-corrected chi connectivity index (χ0v) is 12.3. The Hall–Kier alpha value is -4.26. The van der Waals surface area contributed by atoms with Crippen molar-refractivity contribution in [2.45, 2.75) is 0 Å². The largest absolute Gasteiger partial charge is 0.455 e. The van der Waals surface area contributed by atoms with E-state index in [4.69, 9.17) is 25.8 Å². The summed E-state index contributed by atoms with van der Waals surface area (Å²) in [7, 11) is 0. The van der Waals surface area contributed by atoms with Gasteiger partial charge in [0.2, 0.25) is 0 Å². The maximum Gasteiger partial charge on any atom is 0.163 e. The Bertz CT molecular complexity index is 931. The lowest BCUT2D eigenvalue weighted by molar-refractivity contribution is 0.484. The molecule has 0 spiro atoms. The Morgan fingerprint density at radius 3 is 2.08 bits per heavy atom. The fourth-order valence-corrected chi connectivity index (χ4v) is 1.80. The van der Waals surface area contributed by atoms with Crippen LogP contribution in [0.25, 0.3) is 0 Å². The van der Waals surface area contributed by atoms with Crippen molar-refractivity contribution in [3.8, 4) is 35.8 Å². The van der Waals surface area contributed by atoms with E-state index in [1.165, 1.54) is 0 Å². The van der Waals surface area contributed by atoms with E-state index in [2.05, 4.69) is 5.32 Å². The number of ether oxygens (including phenoxy) is 1. The van der Waals surface area contributed by atoms with Gasteiger partial charge < -0.3 is 10.1 Å². The van der Waals surface area contributed by atoms with Crippen molar-refractivity contribution in [3.05, 3.63) is 65.4 Å². The quantitative estimate of drug-likeness (QED) is 0.862. The van der Waals surface area contributed by atoms with Crippen LogP contribution in [0.4, 0.5) is 5.69 Å². The summed E-state index contributed by atoms with van der Waals surface area (Å²) in [5.41, 5.74) is 0.471. The Balaban J connectivity index is 2.33. The molecule has 2 aromatic carbocycles. The summed E-state index contributed by atoms with van der Waals surface area (Å²) in [5.74, 6) is 0.914. The number of hydrogen-bond acceptors (Lipinski definition) is 6. The third-order valence-electron chi connectivity index (χ3n) is 2.94. The molecule has 0 saturated heterocycles. The molecule has 6 heteroatoms. The number of benzene rings is 2. The molecule has 0 bridgehead atoms. The predicted molar refractivity (Wildman–Crippen MR) is 85.2 cm³/mol. The van der Waals surface area contributed by atoms with E-state index in [1.54, 1.807) is 66.7 Å². The van der Waals surface area contributed by atoms with Crippen LogP contribution >= 0.6 is 0 Å². The van der Waals surface area contributed by atoms with Crippen LogP contribution < -0.4 is 10.1 Å². The maximum absolute atomic E-state index is 9.11. The van der Waals surface area contributed by atoms with Crippen molar-refractivity contribution in [2.75, 3.05) is 5.32 Å². The lowest BCUT2D eigenvalue weighted by atomic mass is 10.2. The summed E-state index contributed by atoms with van der Waals surface area (Å²) in [4.78, 5) is 0. The molecular weight excluding hydrogens is 302 g/mol. The molecule has 0 fully saturated rings. The third kappa shape index (κ3) is 3.68. The lowest BCUT2D eigenvalue weighted by Crippen LogP contribution is -2.02. The molecule has 0 unspecified atom stereocenters. The zero-order chi connectivity index (χ0) is 17.4. The van der Waals surface area contributed by atoms with Crippen LogP contribution in [-0.2, 0) is 0 Å².